The standard InChI is InChI=1S/C28H34N6O3/c1-5-18(3)37-28(35)33(20-11-13-21(14-12-20)36-6-2)27-19(4)26(32-24-10-8-7-9-23(24)30)22(17-29)25-15-16-31-34(25)27/h5,11-16,23-24,32H,6-10,30H2,1-4H3/b18-5+/t23-,24-/m0/s1. The summed E-state index contributed by atoms with van der Waals surface area (Å²) in [5, 5.41) is 18.2. The van der Waals surface area contributed by atoms with Crippen LogP contribution in [0.25, 0.3) is 5.52 Å². The molecule has 9 heteroatoms. The lowest BCUT2D eigenvalue weighted by Gasteiger charge is -2.32. The van der Waals surface area contributed by atoms with Crippen LogP contribution in [0.4, 0.5) is 22.0 Å². The highest BCUT2D eigenvalue weighted by Crippen LogP contribution is 2.38. The molecule has 0 spiro atoms. The molecule has 0 aliphatic heterocycles. The number of benzene rings is 1. The Kier molecular flexibility index (Phi) is 7.99. The molecule has 4 rings (SSSR count). The molecule has 2 heterocycles. The summed E-state index contributed by atoms with van der Waals surface area (Å²) in [6.45, 7) is 7.86. The number of amides is 1. The number of anilines is 3. The largest absolute Gasteiger partial charge is 0.494 e. The van der Waals surface area contributed by atoms with E-state index in [1.807, 2.05) is 13.8 Å². The Hall–Kier alpha value is -4.03. The van der Waals surface area contributed by atoms with Gasteiger partial charge in [0.1, 0.15) is 29.0 Å². The van der Waals surface area contributed by atoms with Crippen LogP contribution in [0, 0.1) is 18.3 Å². The summed E-state index contributed by atoms with van der Waals surface area (Å²) >= 11 is 0. The second-order valence-corrected chi connectivity index (χ2v) is 9.17. The van der Waals surface area contributed by atoms with Gasteiger partial charge in [0.15, 0.2) is 0 Å². The first-order valence-corrected chi connectivity index (χ1v) is 12.7. The molecule has 2 aromatic heterocycles. The lowest BCUT2D eigenvalue weighted by molar-refractivity contribution is 0.186. The molecule has 2 atom stereocenters. The van der Waals surface area contributed by atoms with Gasteiger partial charge < -0.3 is 20.5 Å². The van der Waals surface area contributed by atoms with Crippen LogP contribution in [0.1, 0.15) is 57.6 Å². The van der Waals surface area contributed by atoms with Gasteiger partial charge in [0, 0.05) is 17.6 Å². The second-order valence-electron chi connectivity index (χ2n) is 9.17. The molecule has 1 aliphatic rings. The number of nitriles is 1. The number of nitrogens with two attached hydrogens (primary N) is 1. The molecule has 3 N–H and O–H groups in total. The maximum absolute atomic E-state index is 13.6. The van der Waals surface area contributed by atoms with E-state index in [1.165, 1.54) is 4.90 Å². The van der Waals surface area contributed by atoms with Gasteiger partial charge in [0.25, 0.3) is 0 Å². The number of nitrogens with zero attached hydrogens (tertiary/aromatic N) is 4. The van der Waals surface area contributed by atoms with Gasteiger partial charge in [-0.05, 0) is 76.9 Å². The van der Waals surface area contributed by atoms with Gasteiger partial charge in [-0.1, -0.05) is 12.8 Å². The number of hydrogen-bond donors (Lipinski definition) is 2. The fourth-order valence-electron chi connectivity index (χ4n) is 4.74. The Morgan fingerprint density at radius 2 is 2.03 bits per heavy atom. The van der Waals surface area contributed by atoms with Gasteiger partial charge in [-0.2, -0.15) is 10.4 Å². The van der Waals surface area contributed by atoms with E-state index in [0.29, 0.717) is 52.0 Å². The minimum atomic E-state index is -0.593. The average Bonchev–Trinajstić information content (AvgIpc) is 3.38. The van der Waals surface area contributed by atoms with Crippen molar-refractivity contribution >= 4 is 28.8 Å². The summed E-state index contributed by atoms with van der Waals surface area (Å²) in [5.41, 5.74) is 9.40. The molecule has 1 amide bonds. The van der Waals surface area contributed by atoms with Crippen LogP contribution in [0.5, 0.6) is 5.75 Å². The van der Waals surface area contributed by atoms with E-state index in [-0.39, 0.29) is 12.1 Å². The Morgan fingerprint density at radius 3 is 2.68 bits per heavy atom. The lowest BCUT2D eigenvalue weighted by Crippen LogP contribution is -2.43. The van der Waals surface area contributed by atoms with E-state index >= 15 is 0 Å². The van der Waals surface area contributed by atoms with Crippen molar-refractivity contribution in [2.24, 2.45) is 5.73 Å². The van der Waals surface area contributed by atoms with E-state index < -0.39 is 6.09 Å². The summed E-state index contributed by atoms with van der Waals surface area (Å²) in [6, 6.07) is 11.3. The quantitative estimate of drug-likeness (QED) is 0.392. The maximum Gasteiger partial charge on any atom is 0.425 e. The fourth-order valence-corrected chi connectivity index (χ4v) is 4.74. The van der Waals surface area contributed by atoms with Crippen molar-refractivity contribution in [3.05, 3.63) is 59.5 Å². The Bertz CT molecular complexity index is 1340. The van der Waals surface area contributed by atoms with E-state index in [2.05, 4.69) is 16.5 Å². The number of ether oxygens (including phenoxy) is 2. The summed E-state index contributed by atoms with van der Waals surface area (Å²) in [7, 11) is 0. The van der Waals surface area contributed by atoms with Gasteiger partial charge in [-0.15, -0.1) is 0 Å². The van der Waals surface area contributed by atoms with Gasteiger partial charge in [-0.25, -0.2) is 14.2 Å². The SMILES string of the molecule is C/C=C(\C)OC(=O)N(c1ccc(OCC)cc1)c1c(C)c(N[C@H]2CCCC[C@@H]2N)c(C#N)c2ccnn12. The third-order valence-electron chi connectivity index (χ3n) is 6.78. The molecule has 0 bridgehead atoms. The highest BCUT2D eigenvalue weighted by atomic mass is 16.6. The first-order valence-electron chi connectivity index (χ1n) is 12.7. The van der Waals surface area contributed by atoms with Crippen LogP contribution in [-0.4, -0.2) is 34.4 Å². The smallest absolute Gasteiger partial charge is 0.425 e. The zero-order valence-electron chi connectivity index (χ0n) is 21.8. The highest BCUT2D eigenvalue weighted by molar-refractivity contribution is 5.98. The number of hydrogen-bond acceptors (Lipinski definition) is 7. The molecule has 37 heavy (non-hydrogen) atoms. The van der Waals surface area contributed by atoms with Crippen LogP contribution in [-0.2, 0) is 4.74 Å². The van der Waals surface area contributed by atoms with Crippen molar-refractivity contribution in [3.63, 3.8) is 0 Å². The number of pyridine rings is 1. The summed E-state index contributed by atoms with van der Waals surface area (Å²) in [6.07, 6.45) is 6.75. The Balaban J connectivity index is 1.92. The molecule has 0 unspecified atom stereocenters. The summed E-state index contributed by atoms with van der Waals surface area (Å²) in [5.74, 6) is 1.64. The predicted octanol–water partition coefficient (Wildman–Crippen LogP) is 5.79. The number of carbonyl (C=O) groups excluding carboxylic acids is 1. The first-order chi connectivity index (χ1) is 17.9. The van der Waals surface area contributed by atoms with Crippen LogP contribution in [0.3, 0.4) is 0 Å². The van der Waals surface area contributed by atoms with Crippen LogP contribution in [0.15, 0.2) is 48.4 Å². The number of fused-ring (bicyclic) bond motifs is 1. The molecule has 1 saturated carbocycles. The number of rotatable bonds is 7. The van der Waals surface area contributed by atoms with E-state index in [9.17, 15) is 10.1 Å². The number of carbonyl (C=O) groups is 1. The van der Waals surface area contributed by atoms with Gasteiger partial charge in [0.05, 0.1) is 29.7 Å². The monoisotopic (exact) mass is 502 g/mol. The van der Waals surface area contributed by atoms with Crippen molar-refractivity contribution in [2.45, 2.75) is 65.5 Å². The molecule has 1 aliphatic carbocycles. The first kappa shape index (κ1) is 26.0. The van der Waals surface area contributed by atoms with Crippen LogP contribution >= 0.6 is 0 Å². The molecule has 3 aromatic rings. The van der Waals surface area contributed by atoms with Crippen molar-refractivity contribution < 1.29 is 14.3 Å². The predicted molar refractivity (Wildman–Crippen MR) is 144 cm³/mol. The van der Waals surface area contributed by atoms with Crippen molar-refractivity contribution in [2.75, 3.05) is 16.8 Å². The maximum atomic E-state index is 13.6. The third-order valence-corrected chi connectivity index (χ3v) is 6.78. The molecule has 1 fully saturated rings. The normalized spacial score (nSPS) is 17.8. The van der Waals surface area contributed by atoms with E-state index in [0.717, 1.165) is 25.7 Å². The summed E-state index contributed by atoms with van der Waals surface area (Å²) < 4.78 is 12.9. The van der Waals surface area contributed by atoms with Crippen LogP contribution < -0.4 is 20.7 Å². The molecule has 0 radical (unpaired) electrons. The number of aromatic nitrogens is 2. The Labute approximate surface area is 217 Å². The molecule has 9 nitrogen and oxygen atoms in total. The van der Waals surface area contributed by atoms with Gasteiger partial charge >= 0.3 is 6.09 Å². The van der Waals surface area contributed by atoms with Gasteiger partial charge in [-0.3, -0.25) is 0 Å². The van der Waals surface area contributed by atoms with E-state index in [4.69, 9.17) is 15.2 Å². The zero-order chi connectivity index (χ0) is 26.5. The third kappa shape index (κ3) is 5.25. The molecule has 0 saturated heterocycles. The zero-order valence-corrected chi connectivity index (χ0v) is 21.8. The fraction of sp³-hybridized carbons (Fsp3) is 0.393. The minimum absolute atomic E-state index is 0.0196. The lowest BCUT2D eigenvalue weighted by atomic mass is 9.90. The van der Waals surface area contributed by atoms with Crippen LogP contribution in [0.2, 0.25) is 0 Å². The Morgan fingerprint density at radius 1 is 1.30 bits per heavy atom. The average molecular weight is 503 g/mol. The molecular weight excluding hydrogens is 468 g/mol. The second kappa shape index (κ2) is 11.4. The van der Waals surface area contributed by atoms with E-state index in [1.54, 1.807) is 61.0 Å². The molecule has 1 aromatic carbocycles. The van der Waals surface area contributed by atoms with Crippen molar-refractivity contribution in [1.29, 1.82) is 5.26 Å². The summed E-state index contributed by atoms with van der Waals surface area (Å²) in [4.78, 5) is 15.1. The topological polar surface area (TPSA) is 118 Å². The van der Waals surface area contributed by atoms with Crippen molar-refractivity contribution in [1.82, 2.24) is 9.61 Å². The number of allylic oxidation sites excluding steroid dienone is 2. The van der Waals surface area contributed by atoms with Crippen molar-refractivity contribution in [3.8, 4) is 11.8 Å². The van der Waals surface area contributed by atoms with Gasteiger partial charge in [0.2, 0.25) is 0 Å². The molecule has 194 valence electrons. The number of nitrogens with one attached hydrogen (secondary N) is 1. The molecular formula is C28H34N6O3. The minimum Gasteiger partial charge on any atom is -0.494 e. The highest BCUT2D eigenvalue weighted by Gasteiger charge is 2.31.